The van der Waals surface area contributed by atoms with E-state index in [4.69, 9.17) is 9.56 Å². The summed E-state index contributed by atoms with van der Waals surface area (Å²) in [5.74, 6) is -0.455. The van der Waals surface area contributed by atoms with Gasteiger partial charge in [0.15, 0.2) is 0 Å². The molecular formula is C20H14FN3O4S. The Balaban J connectivity index is 1.79. The Bertz CT molecular complexity index is 1220. The Kier molecular flexibility index (Phi) is 5.59. The summed E-state index contributed by atoms with van der Waals surface area (Å²) in [6.07, 6.45) is 1.26. The van der Waals surface area contributed by atoms with Crippen LogP contribution in [0.25, 0.3) is 17.4 Å². The molecule has 1 heterocycles. The molecule has 3 rings (SSSR count). The first-order valence-corrected chi connectivity index (χ1v) is 9.73. The van der Waals surface area contributed by atoms with E-state index >= 15 is 0 Å². The number of amides is 1. The molecule has 1 amide bonds. The smallest absolute Gasteiger partial charge is 0.266 e. The molecule has 29 heavy (non-hydrogen) atoms. The molecule has 0 aliphatic heterocycles. The van der Waals surface area contributed by atoms with Crippen molar-refractivity contribution in [1.82, 2.24) is 0 Å². The molecule has 2 aromatic carbocycles. The van der Waals surface area contributed by atoms with Gasteiger partial charge in [0.25, 0.3) is 5.91 Å². The standard InChI is InChI=1S/C20H14FN3O4S/c21-15-3-5-16(6-4-15)24-20(25)14(12-22)11-17-7-10-19(28-17)13-1-8-18(9-2-13)29(23,26)27/h1-11H,(H,24,25)(H2,23,26,27)/b14-11-. The maximum absolute atomic E-state index is 12.9. The number of nitrogens with zero attached hydrogens (tertiary/aromatic N) is 1. The number of nitriles is 1. The minimum atomic E-state index is -3.80. The number of nitrogens with two attached hydrogens (primary N) is 1. The van der Waals surface area contributed by atoms with E-state index in [9.17, 15) is 22.9 Å². The van der Waals surface area contributed by atoms with Crippen molar-refractivity contribution in [3.05, 3.63) is 77.8 Å². The number of sulfonamides is 1. The van der Waals surface area contributed by atoms with Gasteiger partial charge in [-0.05, 0) is 60.7 Å². The van der Waals surface area contributed by atoms with E-state index in [0.717, 1.165) is 0 Å². The first-order valence-electron chi connectivity index (χ1n) is 8.18. The van der Waals surface area contributed by atoms with Crippen LogP contribution in [0.4, 0.5) is 10.1 Å². The fourth-order valence-electron chi connectivity index (χ4n) is 2.42. The van der Waals surface area contributed by atoms with E-state index in [1.54, 1.807) is 18.2 Å². The molecule has 0 radical (unpaired) electrons. The van der Waals surface area contributed by atoms with Gasteiger partial charge in [0.2, 0.25) is 10.0 Å². The molecule has 7 nitrogen and oxygen atoms in total. The van der Waals surface area contributed by atoms with Crippen LogP contribution in [0, 0.1) is 17.1 Å². The number of nitrogens with one attached hydrogen (secondary N) is 1. The summed E-state index contributed by atoms with van der Waals surface area (Å²) in [6.45, 7) is 0. The highest BCUT2D eigenvalue weighted by Crippen LogP contribution is 2.24. The average Bonchev–Trinajstić information content (AvgIpc) is 3.16. The summed E-state index contributed by atoms with van der Waals surface area (Å²) in [4.78, 5) is 12.2. The number of hydrogen-bond acceptors (Lipinski definition) is 5. The number of hydrogen-bond donors (Lipinski definition) is 2. The number of halogens is 1. The maximum Gasteiger partial charge on any atom is 0.266 e. The van der Waals surface area contributed by atoms with E-state index in [-0.39, 0.29) is 16.2 Å². The van der Waals surface area contributed by atoms with Gasteiger partial charge in [0.05, 0.1) is 4.90 Å². The molecule has 3 aromatic rings. The molecule has 0 saturated heterocycles. The van der Waals surface area contributed by atoms with Gasteiger partial charge in [-0.15, -0.1) is 0 Å². The zero-order valence-corrected chi connectivity index (χ0v) is 15.6. The minimum Gasteiger partial charge on any atom is -0.457 e. The Morgan fingerprint density at radius 2 is 1.72 bits per heavy atom. The van der Waals surface area contributed by atoms with Gasteiger partial charge in [-0.25, -0.2) is 17.9 Å². The van der Waals surface area contributed by atoms with Crippen molar-refractivity contribution in [3.63, 3.8) is 0 Å². The van der Waals surface area contributed by atoms with E-state index < -0.39 is 21.7 Å². The summed E-state index contributed by atoms with van der Waals surface area (Å²) in [5.41, 5.74) is 0.721. The third kappa shape index (κ3) is 4.95. The quantitative estimate of drug-likeness (QED) is 0.492. The van der Waals surface area contributed by atoms with Crippen LogP contribution in [-0.4, -0.2) is 14.3 Å². The van der Waals surface area contributed by atoms with E-state index in [0.29, 0.717) is 17.0 Å². The molecule has 0 saturated carbocycles. The predicted molar refractivity (Wildman–Crippen MR) is 104 cm³/mol. The van der Waals surface area contributed by atoms with Crippen molar-refractivity contribution in [2.45, 2.75) is 4.90 Å². The summed E-state index contributed by atoms with van der Waals surface area (Å²) < 4.78 is 41.2. The summed E-state index contributed by atoms with van der Waals surface area (Å²) in [6, 6.07) is 15.8. The van der Waals surface area contributed by atoms with Crippen LogP contribution < -0.4 is 10.5 Å². The first kappa shape index (κ1) is 20.0. The zero-order valence-electron chi connectivity index (χ0n) is 14.8. The van der Waals surface area contributed by atoms with E-state index in [2.05, 4.69) is 5.32 Å². The van der Waals surface area contributed by atoms with Crippen LogP contribution in [0.3, 0.4) is 0 Å². The second-order valence-corrected chi connectivity index (χ2v) is 7.46. The Labute approximate surface area is 165 Å². The van der Waals surface area contributed by atoms with Crippen LogP contribution in [0.15, 0.2) is 75.5 Å². The normalized spacial score (nSPS) is 11.7. The lowest BCUT2D eigenvalue weighted by Crippen LogP contribution is -2.13. The molecule has 0 spiro atoms. The van der Waals surface area contributed by atoms with Gasteiger partial charge in [0.1, 0.15) is 29.0 Å². The van der Waals surface area contributed by atoms with Gasteiger partial charge in [-0.1, -0.05) is 0 Å². The third-order valence-corrected chi connectivity index (χ3v) is 4.78. The molecule has 0 atom stereocenters. The summed E-state index contributed by atoms with van der Waals surface area (Å²) >= 11 is 0. The number of benzene rings is 2. The number of carbonyl (C=O) groups is 1. The maximum atomic E-state index is 12.9. The second kappa shape index (κ2) is 8.10. The van der Waals surface area contributed by atoms with E-state index in [1.165, 1.54) is 54.6 Å². The highest BCUT2D eigenvalue weighted by Gasteiger charge is 2.12. The highest BCUT2D eigenvalue weighted by atomic mass is 32.2. The lowest BCUT2D eigenvalue weighted by Gasteiger charge is -2.03. The Morgan fingerprint density at radius 1 is 1.07 bits per heavy atom. The van der Waals surface area contributed by atoms with Crippen molar-refractivity contribution in [1.29, 1.82) is 5.26 Å². The molecule has 3 N–H and O–H groups in total. The van der Waals surface area contributed by atoms with Crippen LogP contribution >= 0.6 is 0 Å². The van der Waals surface area contributed by atoms with Crippen LogP contribution in [0.5, 0.6) is 0 Å². The van der Waals surface area contributed by atoms with Gasteiger partial charge in [0, 0.05) is 17.3 Å². The van der Waals surface area contributed by atoms with Crippen molar-refractivity contribution in [2.75, 3.05) is 5.32 Å². The lowest BCUT2D eigenvalue weighted by molar-refractivity contribution is -0.112. The summed E-state index contributed by atoms with van der Waals surface area (Å²) in [5, 5.41) is 16.8. The molecule has 1 aromatic heterocycles. The monoisotopic (exact) mass is 411 g/mol. The summed E-state index contributed by atoms with van der Waals surface area (Å²) in [7, 11) is -3.80. The molecule has 9 heteroatoms. The highest BCUT2D eigenvalue weighted by molar-refractivity contribution is 7.89. The number of carbonyl (C=O) groups excluding carboxylic acids is 1. The SMILES string of the molecule is N#C/C(=C/c1ccc(-c2ccc(S(N)(=O)=O)cc2)o1)C(=O)Nc1ccc(F)cc1. The molecule has 0 unspecified atom stereocenters. The first-order chi connectivity index (χ1) is 13.8. The predicted octanol–water partition coefficient (Wildman–Crippen LogP) is 3.28. The zero-order chi connectivity index (χ0) is 21.0. The van der Waals surface area contributed by atoms with Crippen LogP contribution in [-0.2, 0) is 14.8 Å². The van der Waals surface area contributed by atoms with Gasteiger partial charge >= 0.3 is 0 Å². The van der Waals surface area contributed by atoms with Gasteiger partial charge in [-0.2, -0.15) is 5.26 Å². The number of rotatable bonds is 5. The molecule has 146 valence electrons. The minimum absolute atomic E-state index is 0.0304. The average molecular weight is 411 g/mol. The molecule has 0 aliphatic rings. The van der Waals surface area contributed by atoms with Crippen molar-refractivity contribution in [3.8, 4) is 17.4 Å². The fraction of sp³-hybridized carbons (Fsp3) is 0. The molecule has 0 aliphatic carbocycles. The van der Waals surface area contributed by atoms with Crippen LogP contribution in [0.1, 0.15) is 5.76 Å². The van der Waals surface area contributed by atoms with Crippen molar-refractivity contribution < 1.29 is 22.0 Å². The van der Waals surface area contributed by atoms with Gasteiger partial charge in [-0.3, -0.25) is 4.79 Å². The molecular weight excluding hydrogens is 397 g/mol. The largest absolute Gasteiger partial charge is 0.457 e. The topological polar surface area (TPSA) is 126 Å². The second-order valence-electron chi connectivity index (χ2n) is 5.90. The van der Waals surface area contributed by atoms with Gasteiger partial charge < -0.3 is 9.73 Å². The number of primary sulfonamides is 1. The fourth-order valence-corrected chi connectivity index (χ4v) is 2.93. The Morgan fingerprint density at radius 3 is 2.31 bits per heavy atom. The van der Waals surface area contributed by atoms with Crippen molar-refractivity contribution in [2.24, 2.45) is 5.14 Å². The van der Waals surface area contributed by atoms with Crippen molar-refractivity contribution >= 4 is 27.7 Å². The third-order valence-electron chi connectivity index (χ3n) is 3.85. The lowest BCUT2D eigenvalue weighted by atomic mass is 10.2. The molecule has 0 fully saturated rings. The number of furan rings is 1. The Hall–Kier alpha value is -3.74. The number of anilines is 1. The van der Waals surface area contributed by atoms with E-state index in [1.807, 2.05) is 0 Å². The molecule has 0 bridgehead atoms. The van der Waals surface area contributed by atoms with Crippen LogP contribution in [0.2, 0.25) is 0 Å².